The second kappa shape index (κ2) is 8.02. The maximum atomic E-state index is 11.5. The predicted molar refractivity (Wildman–Crippen MR) is 77.3 cm³/mol. The molecule has 0 saturated carbocycles. The predicted octanol–water partition coefficient (Wildman–Crippen LogP) is 2.30. The number of benzene rings is 1. The van der Waals surface area contributed by atoms with E-state index in [0.29, 0.717) is 42.6 Å². The molecular weight excluding hydrogens is 264 g/mol. The Morgan fingerprint density at radius 3 is 2.79 bits per heavy atom. The first kappa shape index (κ1) is 15.8. The van der Waals surface area contributed by atoms with Crippen LogP contribution in [0.5, 0.6) is 5.75 Å². The number of amides is 1. The van der Waals surface area contributed by atoms with E-state index in [1.54, 1.807) is 18.2 Å². The van der Waals surface area contributed by atoms with Crippen molar-refractivity contribution in [3.05, 3.63) is 28.8 Å². The van der Waals surface area contributed by atoms with E-state index >= 15 is 0 Å². The molecule has 0 radical (unpaired) electrons. The zero-order chi connectivity index (χ0) is 14.3. The van der Waals surface area contributed by atoms with Crippen molar-refractivity contribution in [2.75, 3.05) is 13.1 Å². The summed E-state index contributed by atoms with van der Waals surface area (Å²) in [6.45, 7) is 5.80. The third kappa shape index (κ3) is 5.94. The summed E-state index contributed by atoms with van der Waals surface area (Å²) in [7, 11) is 0. The highest BCUT2D eigenvalue weighted by Gasteiger charge is 2.06. The molecule has 0 spiro atoms. The van der Waals surface area contributed by atoms with Crippen LogP contribution < -0.4 is 10.6 Å². The topological polar surface area (TPSA) is 61.4 Å². The molecule has 0 fully saturated rings. The molecule has 5 heteroatoms. The average Bonchev–Trinajstić information content (AvgIpc) is 2.35. The maximum absolute atomic E-state index is 11.5. The summed E-state index contributed by atoms with van der Waals surface area (Å²) in [4.78, 5) is 11.5. The number of halogens is 1. The fourth-order valence-corrected chi connectivity index (χ4v) is 1.78. The molecule has 19 heavy (non-hydrogen) atoms. The molecular formula is C14H21ClN2O2. The van der Waals surface area contributed by atoms with Crippen LogP contribution in [0.15, 0.2) is 18.2 Å². The number of nitrogens with one attached hydrogen (secondary N) is 2. The Labute approximate surface area is 119 Å². The third-order valence-electron chi connectivity index (χ3n) is 2.63. The lowest BCUT2D eigenvalue weighted by Crippen LogP contribution is -2.30. The van der Waals surface area contributed by atoms with Gasteiger partial charge in [-0.1, -0.05) is 31.5 Å². The average molecular weight is 285 g/mol. The van der Waals surface area contributed by atoms with Gasteiger partial charge in [-0.3, -0.25) is 4.79 Å². The highest BCUT2D eigenvalue weighted by molar-refractivity contribution is 6.31. The fourth-order valence-electron chi connectivity index (χ4n) is 1.54. The Morgan fingerprint density at radius 1 is 1.42 bits per heavy atom. The highest BCUT2D eigenvalue weighted by atomic mass is 35.5. The molecule has 0 aromatic heterocycles. The zero-order valence-electron chi connectivity index (χ0n) is 11.4. The van der Waals surface area contributed by atoms with E-state index in [9.17, 15) is 9.90 Å². The van der Waals surface area contributed by atoms with Gasteiger partial charge in [-0.15, -0.1) is 0 Å². The fraction of sp³-hybridized carbons (Fsp3) is 0.500. The van der Waals surface area contributed by atoms with Crippen molar-refractivity contribution in [3.63, 3.8) is 0 Å². The van der Waals surface area contributed by atoms with E-state index in [1.165, 1.54) is 0 Å². The molecule has 1 aromatic rings. The van der Waals surface area contributed by atoms with Crippen molar-refractivity contribution in [1.82, 2.24) is 10.6 Å². The number of phenols is 1. The van der Waals surface area contributed by atoms with Gasteiger partial charge in [0, 0.05) is 36.6 Å². The van der Waals surface area contributed by atoms with E-state index in [0.717, 1.165) is 0 Å². The van der Waals surface area contributed by atoms with Crippen LogP contribution >= 0.6 is 11.6 Å². The van der Waals surface area contributed by atoms with Crippen LogP contribution in [0.3, 0.4) is 0 Å². The monoisotopic (exact) mass is 284 g/mol. The normalized spacial score (nSPS) is 10.7. The Kier molecular flexibility index (Phi) is 6.67. The second-order valence-corrected chi connectivity index (χ2v) is 5.27. The lowest BCUT2D eigenvalue weighted by Gasteiger charge is -2.10. The first-order valence-electron chi connectivity index (χ1n) is 6.44. The number of carbonyl (C=O) groups excluding carboxylic acids is 1. The van der Waals surface area contributed by atoms with Crippen LogP contribution in [0.4, 0.5) is 0 Å². The Balaban J connectivity index is 2.26. The Hall–Kier alpha value is -1.26. The molecule has 0 heterocycles. The molecule has 0 unspecified atom stereocenters. The molecule has 0 saturated heterocycles. The van der Waals surface area contributed by atoms with Crippen molar-refractivity contribution in [2.24, 2.45) is 5.92 Å². The second-order valence-electron chi connectivity index (χ2n) is 4.86. The zero-order valence-corrected chi connectivity index (χ0v) is 12.1. The minimum atomic E-state index is 0.0320. The van der Waals surface area contributed by atoms with Gasteiger partial charge in [-0.05, 0) is 18.1 Å². The Bertz CT molecular complexity index is 402. The van der Waals surface area contributed by atoms with Gasteiger partial charge in [0.1, 0.15) is 5.75 Å². The number of hydrogen-bond acceptors (Lipinski definition) is 3. The molecule has 1 aromatic carbocycles. The smallest absolute Gasteiger partial charge is 0.221 e. The number of phenolic OH excluding ortho intramolecular Hbond substituents is 1. The third-order valence-corrected chi connectivity index (χ3v) is 2.99. The lowest BCUT2D eigenvalue weighted by atomic mass is 10.2. The quantitative estimate of drug-likeness (QED) is 0.673. The molecule has 0 atom stereocenters. The molecule has 106 valence electrons. The van der Waals surface area contributed by atoms with Gasteiger partial charge in [0.05, 0.1) is 0 Å². The van der Waals surface area contributed by atoms with Crippen molar-refractivity contribution >= 4 is 17.5 Å². The summed E-state index contributed by atoms with van der Waals surface area (Å²) in [6, 6.07) is 5.02. The number of rotatable bonds is 7. The minimum Gasteiger partial charge on any atom is -0.508 e. The van der Waals surface area contributed by atoms with Gasteiger partial charge in [0.25, 0.3) is 0 Å². The van der Waals surface area contributed by atoms with E-state index in [4.69, 9.17) is 11.6 Å². The van der Waals surface area contributed by atoms with E-state index in [2.05, 4.69) is 24.5 Å². The molecule has 0 aliphatic rings. The molecule has 1 amide bonds. The summed E-state index contributed by atoms with van der Waals surface area (Å²) in [5, 5.41) is 16.1. The molecule has 0 bridgehead atoms. The van der Waals surface area contributed by atoms with Crippen molar-refractivity contribution in [2.45, 2.75) is 26.8 Å². The van der Waals surface area contributed by atoms with Crippen molar-refractivity contribution in [1.29, 1.82) is 0 Å². The standard InChI is InChI=1S/C14H21ClN2O2/c1-10(2)8-17-14(19)6-7-16-9-11-12(15)4-3-5-13(11)18/h3-5,10,16,18H,6-9H2,1-2H3,(H,17,19). The van der Waals surface area contributed by atoms with Gasteiger partial charge in [0.15, 0.2) is 0 Å². The molecule has 1 rings (SSSR count). The van der Waals surface area contributed by atoms with Crippen LogP contribution in [0.1, 0.15) is 25.8 Å². The summed E-state index contributed by atoms with van der Waals surface area (Å²) >= 11 is 5.98. The number of hydrogen-bond donors (Lipinski definition) is 3. The first-order chi connectivity index (χ1) is 9.00. The van der Waals surface area contributed by atoms with E-state index < -0.39 is 0 Å². The molecule has 3 N–H and O–H groups in total. The Morgan fingerprint density at radius 2 is 2.16 bits per heavy atom. The first-order valence-corrected chi connectivity index (χ1v) is 6.82. The summed E-state index contributed by atoms with van der Waals surface area (Å²) in [5.41, 5.74) is 0.659. The largest absolute Gasteiger partial charge is 0.508 e. The van der Waals surface area contributed by atoms with Crippen LogP contribution in [0.25, 0.3) is 0 Å². The molecule has 0 aliphatic carbocycles. The summed E-state index contributed by atoms with van der Waals surface area (Å²) in [5.74, 6) is 0.658. The van der Waals surface area contributed by atoms with Crippen LogP contribution in [0, 0.1) is 5.92 Å². The van der Waals surface area contributed by atoms with Gasteiger partial charge >= 0.3 is 0 Å². The molecule has 4 nitrogen and oxygen atoms in total. The highest BCUT2D eigenvalue weighted by Crippen LogP contribution is 2.24. The van der Waals surface area contributed by atoms with Gasteiger partial charge in [0.2, 0.25) is 5.91 Å². The molecule has 0 aliphatic heterocycles. The van der Waals surface area contributed by atoms with Crippen molar-refractivity contribution in [3.8, 4) is 5.75 Å². The summed E-state index contributed by atoms with van der Waals surface area (Å²) < 4.78 is 0. The van der Waals surface area contributed by atoms with Gasteiger partial charge < -0.3 is 15.7 Å². The SMILES string of the molecule is CC(C)CNC(=O)CCNCc1c(O)cccc1Cl. The van der Waals surface area contributed by atoms with E-state index in [1.807, 2.05) is 0 Å². The van der Waals surface area contributed by atoms with Crippen LogP contribution in [-0.2, 0) is 11.3 Å². The van der Waals surface area contributed by atoms with Gasteiger partial charge in [-0.25, -0.2) is 0 Å². The lowest BCUT2D eigenvalue weighted by molar-refractivity contribution is -0.121. The van der Waals surface area contributed by atoms with Gasteiger partial charge in [-0.2, -0.15) is 0 Å². The van der Waals surface area contributed by atoms with Crippen LogP contribution in [0.2, 0.25) is 5.02 Å². The minimum absolute atomic E-state index is 0.0320. The van der Waals surface area contributed by atoms with Crippen molar-refractivity contribution < 1.29 is 9.90 Å². The van der Waals surface area contributed by atoms with Crippen LogP contribution in [-0.4, -0.2) is 24.1 Å². The number of aromatic hydroxyl groups is 1. The maximum Gasteiger partial charge on any atom is 0.221 e. The number of carbonyl (C=O) groups is 1. The summed E-state index contributed by atoms with van der Waals surface area (Å²) in [6.07, 6.45) is 0.415. The van der Waals surface area contributed by atoms with E-state index in [-0.39, 0.29) is 11.7 Å².